The summed E-state index contributed by atoms with van der Waals surface area (Å²) in [6, 6.07) is 0. The fraction of sp³-hybridized carbons (Fsp3) is 0.667. The van der Waals surface area contributed by atoms with Crippen LogP contribution < -0.4 is 0 Å². The van der Waals surface area contributed by atoms with E-state index in [2.05, 4.69) is 5.10 Å². The molecule has 0 aromatic carbocycles. The van der Waals surface area contributed by atoms with Crippen LogP contribution in [0.15, 0.2) is 12.4 Å². The van der Waals surface area contributed by atoms with Gasteiger partial charge < -0.3 is 4.74 Å². The number of esters is 1. The number of nitrogens with zero attached hydrogens (tertiary/aromatic N) is 2. The summed E-state index contributed by atoms with van der Waals surface area (Å²) in [5.41, 5.74) is 0.553. The predicted molar refractivity (Wildman–Crippen MR) is 68.2 cm³/mol. The lowest BCUT2D eigenvalue weighted by Crippen LogP contribution is -2.18. The van der Waals surface area contributed by atoms with Gasteiger partial charge in [0.1, 0.15) is 0 Å². The third kappa shape index (κ3) is 3.49. The van der Waals surface area contributed by atoms with Crippen molar-refractivity contribution in [2.75, 3.05) is 18.1 Å². The lowest BCUT2D eigenvalue weighted by molar-refractivity contribution is 0.0432. The van der Waals surface area contributed by atoms with E-state index in [1.807, 2.05) is 18.7 Å². The number of carbonyl (C=O) groups excluding carboxylic acids is 1. The first-order valence-corrected chi connectivity index (χ1v) is 7.22. The van der Waals surface area contributed by atoms with Crippen LogP contribution in [0.25, 0.3) is 0 Å². The minimum atomic E-state index is -0.247. The molecule has 0 bridgehead atoms. The molecule has 4 nitrogen and oxygen atoms in total. The number of ether oxygens (including phenoxy) is 1. The molecule has 1 aliphatic rings. The van der Waals surface area contributed by atoms with Gasteiger partial charge >= 0.3 is 5.97 Å². The van der Waals surface area contributed by atoms with Gasteiger partial charge in [-0.25, -0.2) is 4.79 Å². The van der Waals surface area contributed by atoms with E-state index in [0.717, 1.165) is 19.4 Å². The second-order valence-corrected chi connectivity index (χ2v) is 5.46. The minimum absolute atomic E-state index is 0.247. The monoisotopic (exact) mass is 254 g/mol. The van der Waals surface area contributed by atoms with Crippen molar-refractivity contribution >= 4 is 17.7 Å². The maximum absolute atomic E-state index is 11.7. The van der Waals surface area contributed by atoms with E-state index < -0.39 is 0 Å². The molecule has 0 radical (unpaired) electrons. The third-order valence-corrected chi connectivity index (χ3v) is 4.03. The number of hydrogen-bond donors (Lipinski definition) is 0. The van der Waals surface area contributed by atoms with Gasteiger partial charge in [-0.1, -0.05) is 0 Å². The molecule has 0 N–H and O–H groups in total. The van der Waals surface area contributed by atoms with Gasteiger partial charge in [0.15, 0.2) is 0 Å². The Morgan fingerprint density at radius 2 is 2.35 bits per heavy atom. The van der Waals surface area contributed by atoms with Crippen LogP contribution in [-0.2, 0) is 11.3 Å². The SMILES string of the molecule is CCn1cc(C(=O)OCC2CCSCC2)cn1. The molecule has 5 heteroatoms. The second-order valence-electron chi connectivity index (χ2n) is 4.24. The molecule has 0 spiro atoms. The van der Waals surface area contributed by atoms with Gasteiger partial charge in [0, 0.05) is 12.7 Å². The lowest BCUT2D eigenvalue weighted by Gasteiger charge is -2.20. The molecule has 1 saturated heterocycles. The number of rotatable bonds is 4. The normalized spacial score (nSPS) is 17.0. The number of aromatic nitrogens is 2. The van der Waals surface area contributed by atoms with E-state index in [1.165, 1.54) is 11.5 Å². The first-order chi connectivity index (χ1) is 8.29. The third-order valence-electron chi connectivity index (χ3n) is 2.98. The highest BCUT2D eigenvalue weighted by molar-refractivity contribution is 7.99. The molecule has 0 saturated carbocycles. The summed E-state index contributed by atoms with van der Waals surface area (Å²) in [5, 5.41) is 4.06. The number of aryl methyl sites for hydroxylation is 1. The molecule has 17 heavy (non-hydrogen) atoms. The summed E-state index contributed by atoms with van der Waals surface area (Å²) in [6.07, 6.45) is 5.62. The van der Waals surface area contributed by atoms with E-state index in [-0.39, 0.29) is 5.97 Å². The van der Waals surface area contributed by atoms with Crippen LogP contribution >= 0.6 is 11.8 Å². The minimum Gasteiger partial charge on any atom is -0.462 e. The van der Waals surface area contributed by atoms with Gasteiger partial charge in [0.2, 0.25) is 0 Å². The van der Waals surface area contributed by atoms with Gasteiger partial charge in [-0.05, 0) is 37.2 Å². The van der Waals surface area contributed by atoms with E-state index in [0.29, 0.717) is 18.1 Å². The van der Waals surface area contributed by atoms with Gasteiger partial charge in [-0.2, -0.15) is 16.9 Å². The van der Waals surface area contributed by atoms with E-state index >= 15 is 0 Å². The molecular weight excluding hydrogens is 236 g/mol. The Kier molecular flexibility index (Phi) is 4.48. The molecule has 94 valence electrons. The van der Waals surface area contributed by atoms with Crippen LogP contribution in [-0.4, -0.2) is 33.9 Å². The molecule has 0 atom stereocenters. The Labute approximate surface area is 106 Å². The van der Waals surface area contributed by atoms with Crippen LogP contribution in [0.1, 0.15) is 30.1 Å². The first-order valence-electron chi connectivity index (χ1n) is 6.07. The zero-order chi connectivity index (χ0) is 12.1. The maximum atomic E-state index is 11.7. The van der Waals surface area contributed by atoms with Crippen LogP contribution in [0.3, 0.4) is 0 Å². The molecule has 1 fully saturated rings. The summed E-state index contributed by atoms with van der Waals surface area (Å²) in [4.78, 5) is 11.7. The summed E-state index contributed by atoms with van der Waals surface area (Å²) in [5.74, 6) is 2.68. The lowest BCUT2D eigenvalue weighted by atomic mass is 10.0. The van der Waals surface area contributed by atoms with Crippen LogP contribution in [0.4, 0.5) is 0 Å². The largest absolute Gasteiger partial charge is 0.462 e. The summed E-state index contributed by atoms with van der Waals surface area (Å²) in [7, 11) is 0. The quantitative estimate of drug-likeness (QED) is 0.773. The Morgan fingerprint density at radius 1 is 1.59 bits per heavy atom. The highest BCUT2D eigenvalue weighted by Gasteiger charge is 2.17. The smallest absolute Gasteiger partial charge is 0.341 e. The molecule has 0 unspecified atom stereocenters. The molecule has 1 aromatic rings. The number of carbonyl (C=O) groups is 1. The Bertz CT molecular complexity index is 372. The molecular formula is C12H18N2O2S. The first kappa shape index (κ1) is 12.5. The highest BCUT2D eigenvalue weighted by Crippen LogP contribution is 2.23. The highest BCUT2D eigenvalue weighted by atomic mass is 32.2. The van der Waals surface area contributed by atoms with Crippen LogP contribution in [0.5, 0.6) is 0 Å². The van der Waals surface area contributed by atoms with Crippen molar-refractivity contribution in [2.24, 2.45) is 5.92 Å². The number of thioether (sulfide) groups is 1. The Morgan fingerprint density at radius 3 is 3.00 bits per heavy atom. The molecule has 2 rings (SSSR count). The van der Waals surface area contributed by atoms with E-state index in [4.69, 9.17) is 4.74 Å². The van der Waals surface area contributed by atoms with E-state index in [9.17, 15) is 4.79 Å². The van der Waals surface area contributed by atoms with Crippen LogP contribution in [0, 0.1) is 5.92 Å². The molecule has 0 aliphatic carbocycles. The number of hydrogen-bond acceptors (Lipinski definition) is 4. The van der Waals surface area contributed by atoms with Crippen molar-refractivity contribution in [1.29, 1.82) is 0 Å². The zero-order valence-corrected chi connectivity index (χ0v) is 10.9. The van der Waals surface area contributed by atoms with Crippen molar-refractivity contribution in [3.05, 3.63) is 18.0 Å². The topological polar surface area (TPSA) is 44.1 Å². The fourth-order valence-corrected chi connectivity index (χ4v) is 3.04. The van der Waals surface area contributed by atoms with Gasteiger partial charge in [0.25, 0.3) is 0 Å². The standard InChI is InChI=1S/C12H18N2O2S/c1-2-14-8-11(7-13-14)12(15)16-9-10-3-5-17-6-4-10/h7-8,10H,2-6,9H2,1H3. The summed E-state index contributed by atoms with van der Waals surface area (Å²) < 4.78 is 7.05. The average molecular weight is 254 g/mol. The predicted octanol–water partition coefficient (Wildman–Crippen LogP) is 2.20. The van der Waals surface area contributed by atoms with Crippen molar-refractivity contribution in [3.8, 4) is 0 Å². The Balaban J connectivity index is 1.80. The molecule has 1 aliphatic heterocycles. The maximum Gasteiger partial charge on any atom is 0.341 e. The Hall–Kier alpha value is -0.970. The van der Waals surface area contributed by atoms with Crippen molar-refractivity contribution in [1.82, 2.24) is 9.78 Å². The molecule has 0 amide bonds. The van der Waals surface area contributed by atoms with Gasteiger partial charge in [0.05, 0.1) is 18.4 Å². The average Bonchev–Trinajstić information content (AvgIpc) is 2.86. The zero-order valence-electron chi connectivity index (χ0n) is 10.1. The van der Waals surface area contributed by atoms with Crippen molar-refractivity contribution in [3.63, 3.8) is 0 Å². The van der Waals surface area contributed by atoms with Gasteiger partial charge in [-0.3, -0.25) is 4.68 Å². The fourth-order valence-electron chi connectivity index (χ4n) is 1.83. The van der Waals surface area contributed by atoms with Gasteiger partial charge in [-0.15, -0.1) is 0 Å². The molecule has 1 aromatic heterocycles. The second kappa shape index (κ2) is 6.10. The van der Waals surface area contributed by atoms with E-state index in [1.54, 1.807) is 17.1 Å². The van der Waals surface area contributed by atoms with Crippen LogP contribution in [0.2, 0.25) is 0 Å². The summed E-state index contributed by atoms with van der Waals surface area (Å²) >= 11 is 1.98. The summed E-state index contributed by atoms with van der Waals surface area (Å²) in [6.45, 7) is 3.31. The van der Waals surface area contributed by atoms with Crippen molar-refractivity contribution in [2.45, 2.75) is 26.3 Å². The molecule has 2 heterocycles. The van der Waals surface area contributed by atoms with Crippen molar-refractivity contribution < 1.29 is 9.53 Å².